The van der Waals surface area contributed by atoms with E-state index in [-0.39, 0.29) is 11.4 Å². The summed E-state index contributed by atoms with van der Waals surface area (Å²) in [4.78, 5) is 23.9. The first-order valence-electron chi connectivity index (χ1n) is 7.74. The van der Waals surface area contributed by atoms with E-state index in [1.165, 1.54) is 0 Å². The van der Waals surface area contributed by atoms with Crippen molar-refractivity contribution in [2.45, 2.75) is 57.6 Å². The summed E-state index contributed by atoms with van der Waals surface area (Å²) < 4.78 is 6.19. The molecular formula is C17H23BrN2O3. The highest BCUT2D eigenvalue weighted by atomic mass is 79.9. The molecule has 0 aromatic heterocycles. The Labute approximate surface area is 145 Å². The van der Waals surface area contributed by atoms with Gasteiger partial charge in [-0.25, -0.2) is 4.79 Å². The summed E-state index contributed by atoms with van der Waals surface area (Å²) in [5.41, 5.74) is -0.0378. The lowest BCUT2D eigenvalue weighted by atomic mass is 10.1. The number of halogens is 1. The number of ether oxygens (including phenoxy) is 1. The maximum absolute atomic E-state index is 12.0. The number of hydrogen-bond acceptors (Lipinski definition) is 3. The summed E-state index contributed by atoms with van der Waals surface area (Å²) in [5.74, 6) is -0.0552. The second-order valence-electron chi connectivity index (χ2n) is 6.97. The topological polar surface area (TPSA) is 67.4 Å². The van der Waals surface area contributed by atoms with E-state index < -0.39 is 11.7 Å². The van der Waals surface area contributed by atoms with Gasteiger partial charge in [0.2, 0.25) is 5.91 Å². The zero-order valence-electron chi connectivity index (χ0n) is 13.7. The summed E-state index contributed by atoms with van der Waals surface area (Å²) in [5, 5.41) is 5.77. The van der Waals surface area contributed by atoms with Crippen LogP contribution in [0.3, 0.4) is 0 Å². The third-order valence-electron chi connectivity index (χ3n) is 3.56. The van der Waals surface area contributed by atoms with Gasteiger partial charge < -0.3 is 15.4 Å². The minimum absolute atomic E-state index is 0.0552. The van der Waals surface area contributed by atoms with Gasteiger partial charge in [0.05, 0.1) is 0 Å². The molecule has 0 atom stereocenters. The number of amides is 2. The van der Waals surface area contributed by atoms with Crippen LogP contribution in [0.4, 0.5) is 10.5 Å². The van der Waals surface area contributed by atoms with E-state index in [0.29, 0.717) is 12.8 Å². The molecule has 6 heteroatoms. The zero-order valence-corrected chi connectivity index (χ0v) is 15.3. The summed E-state index contributed by atoms with van der Waals surface area (Å²) in [7, 11) is 0. The highest BCUT2D eigenvalue weighted by Gasteiger charge is 2.44. The van der Waals surface area contributed by atoms with Crippen LogP contribution in [0.15, 0.2) is 28.7 Å². The molecule has 1 aromatic rings. The van der Waals surface area contributed by atoms with E-state index in [9.17, 15) is 9.59 Å². The lowest BCUT2D eigenvalue weighted by molar-refractivity contribution is -0.116. The number of carbonyl (C=O) groups is 2. The summed E-state index contributed by atoms with van der Waals surface area (Å²) in [6.07, 6.45) is 2.34. The molecule has 2 rings (SSSR count). The first-order chi connectivity index (χ1) is 10.7. The predicted molar refractivity (Wildman–Crippen MR) is 93.3 cm³/mol. The average Bonchev–Trinajstić information content (AvgIpc) is 3.14. The van der Waals surface area contributed by atoms with Crippen LogP contribution in [0.25, 0.3) is 0 Å². The molecule has 1 aliphatic rings. The Balaban J connectivity index is 1.78. The standard InChI is InChI=1S/C17H23BrN2O3/c1-16(2,3)23-15(22)20-17(9-10-17)8-7-14(21)19-13-6-4-5-12(18)11-13/h4-6,11H,7-10H2,1-3H3,(H,19,21)(H,20,22). The molecule has 0 aliphatic heterocycles. The van der Waals surface area contributed by atoms with Crippen molar-refractivity contribution < 1.29 is 14.3 Å². The third kappa shape index (κ3) is 6.22. The van der Waals surface area contributed by atoms with Crippen LogP contribution in [-0.2, 0) is 9.53 Å². The number of benzene rings is 1. The van der Waals surface area contributed by atoms with Gasteiger partial charge in [-0.05, 0) is 58.2 Å². The fourth-order valence-electron chi connectivity index (χ4n) is 2.25. The van der Waals surface area contributed by atoms with Gasteiger partial charge in [-0.1, -0.05) is 22.0 Å². The SMILES string of the molecule is CC(C)(C)OC(=O)NC1(CCC(=O)Nc2cccc(Br)c2)CC1. The molecule has 0 spiro atoms. The van der Waals surface area contributed by atoms with Crippen molar-refractivity contribution >= 4 is 33.6 Å². The van der Waals surface area contributed by atoms with Crippen molar-refractivity contribution in [2.75, 3.05) is 5.32 Å². The maximum Gasteiger partial charge on any atom is 0.408 e. The zero-order chi connectivity index (χ0) is 17.1. The van der Waals surface area contributed by atoms with Gasteiger partial charge >= 0.3 is 6.09 Å². The molecule has 1 aliphatic carbocycles. The maximum atomic E-state index is 12.0. The molecule has 0 bridgehead atoms. The normalized spacial score (nSPS) is 15.7. The monoisotopic (exact) mass is 382 g/mol. The number of carbonyl (C=O) groups excluding carboxylic acids is 2. The first-order valence-corrected chi connectivity index (χ1v) is 8.53. The van der Waals surface area contributed by atoms with Gasteiger partial charge in [0.25, 0.3) is 0 Å². The molecule has 23 heavy (non-hydrogen) atoms. The lowest BCUT2D eigenvalue weighted by Gasteiger charge is -2.23. The van der Waals surface area contributed by atoms with Gasteiger partial charge in [-0.3, -0.25) is 4.79 Å². The highest BCUT2D eigenvalue weighted by molar-refractivity contribution is 9.10. The Morgan fingerprint density at radius 1 is 1.30 bits per heavy atom. The van der Waals surface area contributed by atoms with Gasteiger partial charge in [-0.15, -0.1) is 0 Å². The molecule has 5 nitrogen and oxygen atoms in total. The van der Waals surface area contributed by atoms with Crippen molar-refractivity contribution in [3.05, 3.63) is 28.7 Å². The first kappa shape index (κ1) is 17.8. The summed E-state index contributed by atoms with van der Waals surface area (Å²) >= 11 is 3.37. The van der Waals surface area contributed by atoms with Crippen molar-refractivity contribution in [1.82, 2.24) is 5.32 Å². The van der Waals surface area contributed by atoms with Crippen LogP contribution in [-0.4, -0.2) is 23.1 Å². The Morgan fingerprint density at radius 3 is 2.57 bits per heavy atom. The predicted octanol–water partition coefficient (Wildman–Crippen LogP) is 4.23. The van der Waals surface area contributed by atoms with Crippen LogP contribution < -0.4 is 10.6 Å². The Hall–Kier alpha value is -1.56. The largest absolute Gasteiger partial charge is 0.444 e. The molecule has 0 radical (unpaired) electrons. The molecule has 0 saturated heterocycles. The minimum Gasteiger partial charge on any atom is -0.444 e. The van der Waals surface area contributed by atoms with E-state index in [1.54, 1.807) is 0 Å². The Kier molecular flexibility index (Phi) is 5.34. The van der Waals surface area contributed by atoms with E-state index in [4.69, 9.17) is 4.74 Å². The second-order valence-corrected chi connectivity index (χ2v) is 7.88. The van der Waals surface area contributed by atoms with E-state index in [2.05, 4.69) is 26.6 Å². The van der Waals surface area contributed by atoms with Crippen molar-refractivity contribution in [3.8, 4) is 0 Å². The van der Waals surface area contributed by atoms with E-state index in [1.807, 2.05) is 45.0 Å². The van der Waals surface area contributed by atoms with Crippen LogP contribution in [0.1, 0.15) is 46.5 Å². The molecule has 1 aromatic carbocycles. The summed E-state index contributed by atoms with van der Waals surface area (Å²) in [6.45, 7) is 5.49. The smallest absolute Gasteiger partial charge is 0.408 e. The van der Waals surface area contributed by atoms with Crippen LogP contribution in [0.2, 0.25) is 0 Å². The van der Waals surface area contributed by atoms with Crippen molar-refractivity contribution in [3.63, 3.8) is 0 Å². The second kappa shape index (κ2) is 6.91. The van der Waals surface area contributed by atoms with Crippen LogP contribution >= 0.6 is 15.9 Å². The number of anilines is 1. The van der Waals surface area contributed by atoms with E-state index >= 15 is 0 Å². The molecule has 2 amide bonds. The van der Waals surface area contributed by atoms with Gasteiger partial charge in [0.15, 0.2) is 0 Å². The lowest BCUT2D eigenvalue weighted by Crippen LogP contribution is -2.41. The quantitative estimate of drug-likeness (QED) is 0.800. The molecule has 1 saturated carbocycles. The molecule has 0 unspecified atom stereocenters. The van der Waals surface area contributed by atoms with E-state index in [0.717, 1.165) is 23.0 Å². The third-order valence-corrected chi connectivity index (χ3v) is 4.05. The molecule has 0 heterocycles. The minimum atomic E-state index is -0.516. The van der Waals surface area contributed by atoms with Gasteiger partial charge in [0.1, 0.15) is 5.60 Å². The van der Waals surface area contributed by atoms with Crippen molar-refractivity contribution in [1.29, 1.82) is 0 Å². The Morgan fingerprint density at radius 2 is 2.00 bits per heavy atom. The van der Waals surface area contributed by atoms with Gasteiger partial charge in [0, 0.05) is 22.1 Å². The number of rotatable bonds is 5. The number of alkyl carbamates (subject to hydrolysis) is 1. The van der Waals surface area contributed by atoms with Crippen LogP contribution in [0, 0.1) is 0 Å². The van der Waals surface area contributed by atoms with Gasteiger partial charge in [-0.2, -0.15) is 0 Å². The molecular weight excluding hydrogens is 360 g/mol. The highest BCUT2D eigenvalue weighted by Crippen LogP contribution is 2.40. The average molecular weight is 383 g/mol. The molecule has 126 valence electrons. The fourth-order valence-corrected chi connectivity index (χ4v) is 2.65. The Bertz CT molecular complexity index is 592. The number of hydrogen-bond donors (Lipinski definition) is 2. The fraction of sp³-hybridized carbons (Fsp3) is 0.529. The number of nitrogens with one attached hydrogen (secondary N) is 2. The van der Waals surface area contributed by atoms with Crippen LogP contribution in [0.5, 0.6) is 0 Å². The van der Waals surface area contributed by atoms with Crippen molar-refractivity contribution in [2.24, 2.45) is 0 Å². The summed E-state index contributed by atoms with van der Waals surface area (Å²) in [6, 6.07) is 7.46. The molecule has 1 fully saturated rings. The molecule has 2 N–H and O–H groups in total.